The van der Waals surface area contributed by atoms with Crippen LogP contribution in [-0.4, -0.2) is 11.1 Å². The fourth-order valence-electron chi connectivity index (χ4n) is 1.61. The van der Waals surface area contributed by atoms with Gasteiger partial charge < -0.3 is 10.5 Å². The molecule has 0 bridgehead atoms. The Hall–Kier alpha value is -1.60. The molecule has 0 fully saturated rings. The summed E-state index contributed by atoms with van der Waals surface area (Å²) in [4.78, 5) is 10.9. The zero-order valence-electron chi connectivity index (χ0n) is 10.1. The highest BCUT2D eigenvalue weighted by molar-refractivity contribution is 14.1. The average molecular weight is 368 g/mol. The van der Waals surface area contributed by atoms with Crippen LogP contribution >= 0.6 is 22.6 Å². The Morgan fingerprint density at radius 2 is 1.89 bits per heavy atom. The Morgan fingerprint density at radius 1 is 1.16 bits per heavy atom. The van der Waals surface area contributed by atoms with Gasteiger partial charge in [0.05, 0.1) is 5.56 Å². The number of carboxylic acid groups (broad SMARTS) is 1. The van der Waals surface area contributed by atoms with Gasteiger partial charge in [0, 0.05) is 15.8 Å². The van der Waals surface area contributed by atoms with E-state index in [1.165, 1.54) is 0 Å². The van der Waals surface area contributed by atoms with Gasteiger partial charge in [0.15, 0.2) is 0 Å². The summed E-state index contributed by atoms with van der Waals surface area (Å²) in [6, 6.07) is 15.1. The molecule has 2 rings (SSSR count). The van der Waals surface area contributed by atoms with Crippen LogP contribution < -0.4 is 10.9 Å². The van der Waals surface area contributed by atoms with Crippen LogP contribution in [0.3, 0.4) is 0 Å². The Labute approximate surface area is 125 Å². The highest BCUT2D eigenvalue weighted by atomic mass is 127. The third kappa shape index (κ3) is 3.93. The van der Waals surface area contributed by atoms with Crippen LogP contribution in [0.1, 0.15) is 15.9 Å². The average Bonchev–Trinajstić information content (AvgIpc) is 2.39. The summed E-state index contributed by atoms with van der Waals surface area (Å²) in [6.45, 7) is 0.616. The second-order valence-electron chi connectivity index (χ2n) is 3.96. The molecule has 98 valence electrons. The minimum Gasteiger partial charge on any atom is -0.478 e. The molecule has 3 N–H and O–H groups in total. The van der Waals surface area contributed by atoms with E-state index in [0.717, 1.165) is 14.8 Å². The van der Waals surface area contributed by atoms with E-state index in [0.29, 0.717) is 12.1 Å². The molecule has 4 nitrogen and oxygen atoms in total. The van der Waals surface area contributed by atoms with Gasteiger partial charge >= 0.3 is 5.97 Å². The first-order valence-corrected chi connectivity index (χ1v) is 6.80. The van der Waals surface area contributed by atoms with Crippen molar-refractivity contribution in [3.8, 4) is 0 Å². The first-order chi connectivity index (χ1) is 9.16. The monoisotopic (exact) mass is 368 g/mol. The van der Waals surface area contributed by atoms with Gasteiger partial charge in [-0.05, 0) is 52.4 Å². The van der Waals surface area contributed by atoms with Crippen molar-refractivity contribution in [3.05, 3.63) is 63.2 Å². The molecule has 0 aliphatic rings. The number of hydrazine groups is 1. The molecule has 0 aliphatic carbocycles. The molecule has 0 atom stereocenters. The van der Waals surface area contributed by atoms with Crippen LogP contribution in [0.25, 0.3) is 0 Å². The van der Waals surface area contributed by atoms with Crippen molar-refractivity contribution in [2.75, 3.05) is 5.43 Å². The number of benzene rings is 2. The zero-order valence-corrected chi connectivity index (χ0v) is 12.2. The van der Waals surface area contributed by atoms with Gasteiger partial charge in [0.2, 0.25) is 0 Å². The van der Waals surface area contributed by atoms with E-state index in [2.05, 4.69) is 10.9 Å². The van der Waals surface area contributed by atoms with Crippen molar-refractivity contribution in [2.45, 2.75) is 6.54 Å². The van der Waals surface area contributed by atoms with Crippen LogP contribution in [0.2, 0.25) is 0 Å². The minimum atomic E-state index is -0.897. The summed E-state index contributed by atoms with van der Waals surface area (Å²) >= 11 is 2.04. The zero-order chi connectivity index (χ0) is 13.7. The van der Waals surface area contributed by atoms with Gasteiger partial charge in [-0.1, -0.05) is 24.3 Å². The van der Waals surface area contributed by atoms with Gasteiger partial charge in [-0.3, -0.25) is 0 Å². The van der Waals surface area contributed by atoms with Gasteiger partial charge in [0.1, 0.15) is 0 Å². The molecule has 0 amide bonds. The summed E-state index contributed by atoms with van der Waals surface area (Å²) in [5.41, 5.74) is 8.52. The van der Waals surface area contributed by atoms with Crippen molar-refractivity contribution >= 4 is 34.2 Å². The number of aromatic carboxylic acids is 1. The lowest BCUT2D eigenvalue weighted by Crippen LogP contribution is -2.20. The Kier molecular flexibility index (Phi) is 4.75. The SMILES string of the molecule is O=C(O)c1ccc(CNNc2ccccc2)cc1I. The molecule has 0 heterocycles. The number of carboxylic acids is 1. The highest BCUT2D eigenvalue weighted by Gasteiger charge is 2.07. The molecule has 0 aliphatic heterocycles. The first-order valence-electron chi connectivity index (χ1n) is 5.72. The molecule has 0 aromatic heterocycles. The molecule has 0 saturated heterocycles. The first kappa shape index (κ1) is 13.8. The van der Waals surface area contributed by atoms with E-state index in [9.17, 15) is 4.79 Å². The Morgan fingerprint density at radius 3 is 2.53 bits per heavy atom. The highest BCUT2D eigenvalue weighted by Crippen LogP contribution is 2.14. The molecule has 5 heteroatoms. The van der Waals surface area contributed by atoms with Crippen molar-refractivity contribution in [2.24, 2.45) is 0 Å². The van der Waals surface area contributed by atoms with E-state index < -0.39 is 5.97 Å². The summed E-state index contributed by atoms with van der Waals surface area (Å²) in [5, 5.41) is 8.95. The maximum atomic E-state index is 10.9. The maximum Gasteiger partial charge on any atom is 0.336 e. The third-order valence-corrected chi connectivity index (χ3v) is 3.46. The summed E-state index contributed by atoms with van der Waals surface area (Å²) in [6.07, 6.45) is 0. The third-order valence-electron chi connectivity index (χ3n) is 2.56. The fraction of sp³-hybridized carbons (Fsp3) is 0.0714. The number of hydrogen-bond acceptors (Lipinski definition) is 3. The van der Waals surface area contributed by atoms with E-state index in [1.54, 1.807) is 6.07 Å². The van der Waals surface area contributed by atoms with Gasteiger partial charge in [-0.2, -0.15) is 0 Å². The lowest BCUT2D eigenvalue weighted by molar-refractivity contribution is 0.0695. The molecule has 0 unspecified atom stereocenters. The second-order valence-corrected chi connectivity index (χ2v) is 5.13. The molecule has 2 aromatic rings. The van der Waals surface area contributed by atoms with Gasteiger partial charge in [-0.15, -0.1) is 0 Å². The fourth-order valence-corrected chi connectivity index (χ4v) is 2.42. The van der Waals surface area contributed by atoms with Crippen LogP contribution in [0.5, 0.6) is 0 Å². The van der Waals surface area contributed by atoms with Gasteiger partial charge in [-0.25, -0.2) is 10.2 Å². The predicted octanol–water partition coefficient (Wildman–Crippen LogP) is 3.11. The molecule has 2 aromatic carbocycles. The number of nitrogens with one attached hydrogen (secondary N) is 2. The van der Waals surface area contributed by atoms with Crippen molar-refractivity contribution in [3.63, 3.8) is 0 Å². The smallest absolute Gasteiger partial charge is 0.336 e. The molecule has 0 radical (unpaired) electrons. The number of anilines is 1. The number of carbonyl (C=O) groups is 1. The maximum absolute atomic E-state index is 10.9. The number of halogens is 1. The van der Waals surface area contributed by atoms with E-state index in [-0.39, 0.29) is 0 Å². The van der Waals surface area contributed by atoms with E-state index in [1.807, 2.05) is 65.1 Å². The Bertz CT molecular complexity index is 573. The molecule has 0 saturated carbocycles. The van der Waals surface area contributed by atoms with Crippen LogP contribution in [0.15, 0.2) is 48.5 Å². The van der Waals surface area contributed by atoms with Crippen molar-refractivity contribution in [1.29, 1.82) is 0 Å². The normalized spacial score (nSPS) is 10.2. The molecular formula is C14H13IN2O2. The number of hydrogen-bond donors (Lipinski definition) is 3. The van der Waals surface area contributed by atoms with Gasteiger partial charge in [0.25, 0.3) is 0 Å². The largest absolute Gasteiger partial charge is 0.478 e. The summed E-state index contributed by atoms with van der Waals surface area (Å²) in [7, 11) is 0. The Balaban J connectivity index is 1.93. The topological polar surface area (TPSA) is 61.4 Å². The summed E-state index contributed by atoms with van der Waals surface area (Å²) < 4.78 is 0.740. The van der Waals surface area contributed by atoms with Crippen molar-refractivity contribution in [1.82, 2.24) is 5.43 Å². The van der Waals surface area contributed by atoms with Crippen molar-refractivity contribution < 1.29 is 9.90 Å². The van der Waals surface area contributed by atoms with E-state index in [4.69, 9.17) is 5.11 Å². The molecular weight excluding hydrogens is 355 g/mol. The molecule has 19 heavy (non-hydrogen) atoms. The predicted molar refractivity (Wildman–Crippen MR) is 83.0 cm³/mol. The van der Waals surface area contributed by atoms with Crippen LogP contribution in [0, 0.1) is 3.57 Å². The minimum absolute atomic E-state index is 0.334. The molecule has 0 spiro atoms. The lowest BCUT2D eigenvalue weighted by Gasteiger charge is -2.09. The van der Waals surface area contributed by atoms with E-state index >= 15 is 0 Å². The number of rotatable bonds is 5. The van der Waals surface area contributed by atoms with Crippen LogP contribution in [0.4, 0.5) is 5.69 Å². The number of para-hydroxylation sites is 1. The summed E-state index contributed by atoms with van der Waals surface area (Å²) in [5.74, 6) is -0.897. The van der Waals surface area contributed by atoms with Crippen LogP contribution in [-0.2, 0) is 6.54 Å². The quantitative estimate of drug-likeness (QED) is 0.561. The lowest BCUT2D eigenvalue weighted by atomic mass is 10.1. The standard InChI is InChI=1S/C14H13IN2O2/c15-13-8-10(6-7-12(13)14(18)19)9-16-17-11-4-2-1-3-5-11/h1-8,16-17H,9H2,(H,18,19). The second kappa shape index (κ2) is 6.53.